The Bertz CT molecular complexity index is 1010. The average Bonchev–Trinajstić information content (AvgIpc) is 3.44. The fourth-order valence-corrected chi connectivity index (χ4v) is 5.23. The fraction of sp³-hybridized carbons (Fsp3) is 0.594. The molecule has 2 rings (SSSR count). The average molecular weight is 670 g/mol. The number of hydrogen-bond acceptors (Lipinski definition) is 8. The molecule has 3 N–H and O–H groups in total. The first kappa shape index (κ1) is 39.7. The van der Waals surface area contributed by atoms with Crippen molar-refractivity contribution in [3.05, 3.63) is 40.8 Å². The third kappa shape index (κ3) is 17.0. The monoisotopic (exact) mass is 668 g/mol. The van der Waals surface area contributed by atoms with Crippen molar-refractivity contribution in [3.8, 4) is 11.5 Å². The summed E-state index contributed by atoms with van der Waals surface area (Å²) in [5.74, 6) is 2.47. The van der Waals surface area contributed by atoms with Gasteiger partial charge in [-0.25, -0.2) is 10.5 Å². The molecule has 0 saturated carbocycles. The van der Waals surface area contributed by atoms with Crippen LogP contribution in [0, 0.1) is 5.92 Å². The van der Waals surface area contributed by atoms with Crippen LogP contribution in [0.25, 0.3) is 0 Å². The maximum atomic E-state index is 8.81. The fourth-order valence-electron chi connectivity index (χ4n) is 3.88. The molecule has 1 heterocycles. The number of carbonyl (C=O) groups excluding carboxylic acids is 1. The van der Waals surface area contributed by atoms with Gasteiger partial charge in [0.15, 0.2) is 11.5 Å². The highest BCUT2D eigenvalue weighted by Gasteiger charge is 2.18. The van der Waals surface area contributed by atoms with Crippen molar-refractivity contribution >= 4 is 44.9 Å². The van der Waals surface area contributed by atoms with Gasteiger partial charge in [0.25, 0.3) is 0 Å². The van der Waals surface area contributed by atoms with Gasteiger partial charge in [0.2, 0.25) is 13.2 Å². The van der Waals surface area contributed by atoms with Gasteiger partial charge in [-0.05, 0) is 66.9 Å². The number of thioether (sulfide) groups is 1. The van der Waals surface area contributed by atoms with E-state index in [2.05, 4.69) is 60.5 Å². The number of benzene rings is 1. The molecular formula is C32H53BrN4O4S. The zero-order chi connectivity index (χ0) is 31.8. The molecule has 0 aromatic heterocycles. The van der Waals surface area contributed by atoms with Crippen LogP contribution in [0.2, 0.25) is 0 Å². The highest BCUT2D eigenvalue weighted by atomic mass is 79.9. The molecule has 1 unspecified atom stereocenters. The number of hydrogen-bond donors (Lipinski definition) is 3. The Kier molecular flexibility index (Phi) is 23.8. The van der Waals surface area contributed by atoms with E-state index in [0.29, 0.717) is 0 Å². The van der Waals surface area contributed by atoms with Crippen molar-refractivity contribution in [2.45, 2.75) is 111 Å². The summed E-state index contributed by atoms with van der Waals surface area (Å²) in [6.45, 7) is 17.1. The minimum atomic E-state index is 0.181. The standard InChI is InChI=1S/C20H26BrN3O2S.C11H24.CH3NO2/c1-6-8-9-16(22-5)20(13(3)23-7-2)24-14(4)27-19-11-18-17(10-15(19)21)25-12-26-18;1-4-6-7-8-9-10-11(3)5-2;3-1-2-4/h7,10-11,23H,2,6,8-9,12H2,1,3-5H3;11H,4-10H2,1-3H3;1,4H,(H,2,3)/b20-13+,22-16?,24-14?;;. The number of halogens is 1. The van der Waals surface area contributed by atoms with E-state index >= 15 is 0 Å². The number of nitrogens with zero attached hydrogens (tertiary/aromatic N) is 2. The van der Waals surface area contributed by atoms with Crippen LogP contribution in [-0.4, -0.2) is 36.2 Å². The van der Waals surface area contributed by atoms with Crippen LogP contribution in [0.5, 0.6) is 11.5 Å². The van der Waals surface area contributed by atoms with Crippen LogP contribution in [0.15, 0.2) is 55.7 Å². The Balaban J connectivity index is 0.000000930. The van der Waals surface area contributed by atoms with E-state index in [9.17, 15) is 0 Å². The molecule has 10 heteroatoms. The predicted octanol–water partition coefficient (Wildman–Crippen LogP) is 9.43. The smallest absolute Gasteiger partial charge is 0.231 e. The Hall–Kier alpha value is -2.30. The second-order valence-corrected chi connectivity index (χ2v) is 12.0. The highest BCUT2D eigenvalue weighted by molar-refractivity contribution is 9.10. The lowest BCUT2D eigenvalue weighted by Gasteiger charge is -2.12. The molecule has 42 heavy (non-hydrogen) atoms. The maximum Gasteiger partial charge on any atom is 0.231 e. The topological polar surface area (TPSA) is 105 Å². The Labute approximate surface area is 267 Å². The van der Waals surface area contributed by atoms with Gasteiger partial charge in [-0.3, -0.25) is 15.0 Å². The number of allylic oxidation sites excluding steroid dienone is 2. The molecule has 1 aromatic rings. The highest BCUT2D eigenvalue weighted by Crippen LogP contribution is 2.41. The SMILES string of the molecule is C=CN/C(C)=C(/N=C(C)Sc1cc2c(cc1Br)OCO2)C(CCCC)=NC.CCCCCCCC(C)CC.O=CNO. The van der Waals surface area contributed by atoms with Crippen molar-refractivity contribution in [1.82, 2.24) is 10.8 Å². The molecule has 238 valence electrons. The third-order valence-electron chi connectivity index (χ3n) is 6.49. The van der Waals surface area contributed by atoms with Crippen LogP contribution < -0.4 is 20.3 Å². The van der Waals surface area contributed by atoms with Crippen molar-refractivity contribution < 1.29 is 19.5 Å². The lowest BCUT2D eigenvalue weighted by atomic mass is 10.0. The molecule has 0 fully saturated rings. The molecule has 0 bridgehead atoms. The number of unbranched alkanes of at least 4 members (excludes halogenated alkanes) is 5. The van der Waals surface area contributed by atoms with Crippen LogP contribution in [0.1, 0.15) is 106 Å². The molecular weight excluding hydrogens is 616 g/mol. The molecule has 1 aliphatic heterocycles. The number of ether oxygens (including phenoxy) is 2. The van der Waals surface area contributed by atoms with Crippen LogP contribution in [0.3, 0.4) is 0 Å². The molecule has 1 amide bonds. The van der Waals surface area contributed by atoms with Crippen LogP contribution in [-0.2, 0) is 4.79 Å². The van der Waals surface area contributed by atoms with Gasteiger partial charge in [-0.2, -0.15) is 0 Å². The van der Waals surface area contributed by atoms with Gasteiger partial charge in [-0.15, -0.1) is 0 Å². The summed E-state index contributed by atoms with van der Waals surface area (Å²) in [7, 11) is 1.82. The van der Waals surface area contributed by atoms with E-state index in [1.165, 1.54) is 50.4 Å². The van der Waals surface area contributed by atoms with Gasteiger partial charge < -0.3 is 14.8 Å². The van der Waals surface area contributed by atoms with Crippen molar-refractivity contribution in [3.63, 3.8) is 0 Å². The van der Waals surface area contributed by atoms with Crippen molar-refractivity contribution in [1.29, 1.82) is 0 Å². The first-order chi connectivity index (χ1) is 20.2. The summed E-state index contributed by atoms with van der Waals surface area (Å²) >= 11 is 5.18. The Morgan fingerprint density at radius 3 is 2.29 bits per heavy atom. The summed E-state index contributed by atoms with van der Waals surface area (Å²) < 4.78 is 11.8. The van der Waals surface area contributed by atoms with E-state index in [0.717, 1.165) is 68.2 Å². The second kappa shape index (κ2) is 25.2. The maximum absolute atomic E-state index is 8.81. The normalized spacial score (nSPS) is 13.5. The second-order valence-electron chi connectivity index (χ2n) is 9.93. The van der Waals surface area contributed by atoms with Gasteiger partial charge >= 0.3 is 0 Å². The number of hydroxylamine groups is 1. The minimum Gasteiger partial charge on any atom is -0.454 e. The number of aliphatic imine (C=N–C) groups is 2. The Morgan fingerprint density at radius 2 is 1.74 bits per heavy atom. The molecule has 8 nitrogen and oxygen atoms in total. The summed E-state index contributed by atoms with van der Waals surface area (Å²) in [5, 5.41) is 11.3. The minimum absolute atomic E-state index is 0.181. The van der Waals surface area contributed by atoms with E-state index in [-0.39, 0.29) is 13.2 Å². The van der Waals surface area contributed by atoms with E-state index in [1.54, 1.807) is 18.0 Å². The quantitative estimate of drug-likeness (QED) is 0.0308. The van der Waals surface area contributed by atoms with Gasteiger partial charge in [0, 0.05) is 22.1 Å². The molecule has 1 atom stereocenters. The van der Waals surface area contributed by atoms with Crippen LogP contribution in [0.4, 0.5) is 0 Å². The molecule has 0 saturated heterocycles. The number of carbonyl (C=O) groups is 1. The molecule has 0 spiro atoms. The first-order valence-electron chi connectivity index (χ1n) is 14.9. The lowest BCUT2D eigenvalue weighted by Crippen LogP contribution is -2.12. The van der Waals surface area contributed by atoms with E-state index in [1.807, 2.05) is 33.0 Å². The Morgan fingerprint density at radius 1 is 1.12 bits per heavy atom. The van der Waals surface area contributed by atoms with Gasteiger partial charge in [0.05, 0.1) is 10.8 Å². The molecule has 1 aromatic carbocycles. The zero-order valence-electron chi connectivity index (χ0n) is 26.7. The first-order valence-corrected chi connectivity index (χ1v) is 16.5. The van der Waals surface area contributed by atoms with Gasteiger partial charge in [0.1, 0.15) is 5.70 Å². The number of amides is 1. The number of rotatable bonds is 16. The van der Waals surface area contributed by atoms with Gasteiger partial charge in [-0.1, -0.05) is 97.4 Å². The summed E-state index contributed by atoms with van der Waals surface area (Å²) in [6, 6.07) is 3.90. The zero-order valence-corrected chi connectivity index (χ0v) is 29.1. The van der Waals surface area contributed by atoms with E-state index < -0.39 is 0 Å². The third-order valence-corrected chi connectivity index (χ3v) is 8.35. The summed E-state index contributed by atoms with van der Waals surface area (Å²) in [5.41, 5.74) is 4.05. The predicted molar refractivity (Wildman–Crippen MR) is 182 cm³/mol. The largest absolute Gasteiger partial charge is 0.454 e. The number of nitrogens with one attached hydrogen (secondary N) is 2. The van der Waals surface area contributed by atoms with Crippen molar-refractivity contribution in [2.75, 3.05) is 13.8 Å². The summed E-state index contributed by atoms with van der Waals surface area (Å²) in [6.07, 6.45) is 14.9. The summed E-state index contributed by atoms with van der Waals surface area (Å²) in [4.78, 5) is 19.2. The van der Waals surface area contributed by atoms with E-state index in [4.69, 9.17) is 24.5 Å². The molecule has 0 aliphatic carbocycles. The van der Waals surface area contributed by atoms with Crippen molar-refractivity contribution in [2.24, 2.45) is 15.9 Å². The molecule has 1 aliphatic rings. The van der Waals surface area contributed by atoms with Crippen LogP contribution >= 0.6 is 27.7 Å². The molecule has 0 radical (unpaired) electrons. The number of fused-ring (bicyclic) bond motifs is 1. The lowest BCUT2D eigenvalue weighted by molar-refractivity contribution is -0.116.